The molecule has 1 saturated carbocycles. The number of carbonyl (C=O) groups excluding carboxylic acids is 2. The van der Waals surface area contributed by atoms with Crippen LogP contribution in [0.4, 0.5) is 4.79 Å². The van der Waals surface area contributed by atoms with E-state index >= 15 is 0 Å². The third-order valence-electron chi connectivity index (χ3n) is 4.55. The van der Waals surface area contributed by atoms with Gasteiger partial charge in [0.2, 0.25) is 0 Å². The standard InChI is InChI=1S/C19H24N4O4/c1-2-26-19(25)22-16-7-9-17(10-8-16)27-18(24)15-5-3-14(4-6-15)11-23-13-20-12-21-23/h3-6,12-13,16-17H,2,7-11H2,1H3,(H,22,25). The first-order valence-corrected chi connectivity index (χ1v) is 9.19. The minimum Gasteiger partial charge on any atom is -0.459 e. The molecule has 1 aromatic heterocycles. The summed E-state index contributed by atoms with van der Waals surface area (Å²) in [6, 6.07) is 7.39. The molecule has 1 aromatic carbocycles. The number of carbonyl (C=O) groups is 2. The number of aromatic nitrogens is 3. The van der Waals surface area contributed by atoms with Crippen molar-refractivity contribution in [1.82, 2.24) is 20.1 Å². The molecule has 1 N–H and O–H groups in total. The summed E-state index contributed by atoms with van der Waals surface area (Å²) in [6.07, 6.45) is 5.64. The second-order valence-electron chi connectivity index (χ2n) is 6.53. The molecular formula is C19H24N4O4. The van der Waals surface area contributed by atoms with Gasteiger partial charge < -0.3 is 14.8 Å². The van der Waals surface area contributed by atoms with Crippen LogP contribution in [0, 0.1) is 0 Å². The lowest BCUT2D eigenvalue weighted by atomic mass is 9.93. The molecular weight excluding hydrogens is 348 g/mol. The van der Waals surface area contributed by atoms with Crippen LogP contribution in [0.15, 0.2) is 36.9 Å². The lowest BCUT2D eigenvalue weighted by Crippen LogP contribution is -2.39. The van der Waals surface area contributed by atoms with Gasteiger partial charge in [0.25, 0.3) is 0 Å². The van der Waals surface area contributed by atoms with Gasteiger partial charge in [-0.05, 0) is 50.3 Å². The van der Waals surface area contributed by atoms with Crippen molar-refractivity contribution >= 4 is 12.1 Å². The van der Waals surface area contributed by atoms with Crippen LogP contribution in [0.5, 0.6) is 0 Å². The molecule has 0 aliphatic heterocycles. The van der Waals surface area contributed by atoms with Crippen molar-refractivity contribution in [2.75, 3.05) is 6.61 Å². The normalized spacial score (nSPS) is 19.3. The summed E-state index contributed by atoms with van der Waals surface area (Å²) in [5, 5.41) is 6.90. The van der Waals surface area contributed by atoms with Crippen LogP contribution in [0.3, 0.4) is 0 Å². The lowest BCUT2D eigenvalue weighted by molar-refractivity contribution is 0.0183. The predicted molar refractivity (Wildman–Crippen MR) is 97.2 cm³/mol. The molecule has 27 heavy (non-hydrogen) atoms. The molecule has 1 fully saturated rings. The first-order chi connectivity index (χ1) is 13.1. The van der Waals surface area contributed by atoms with Crippen molar-refractivity contribution in [3.05, 3.63) is 48.0 Å². The number of ether oxygens (including phenoxy) is 2. The number of nitrogens with one attached hydrogen (secondary N) is 1. The van der Waals surface area contributed by atoms with Gasteiger partial charge in [-0.15, -0.1) is 0 Å². The van der Waals surface area contributed by atoms with Crippen molar-refractivity contribution < 1.29 is 19.1 Å². The molecule has 0 unspecified atom stereocenters. The average Bonchev–Trinajstić information content (AvgIpc) is 3.17. The Labute approximate surface area is 157 Å². The smallest absolute Gasteiger partial charge is 0.407 e. The predicted octanol–water partition coefficient (Wildman–Crippen LogP) is 2.54. The third-order valence-corrected chi connectivity index (χ3v) is 4.55. The fourth-order valence-electron chi connectivity index (χ4n) is 3.13. The molecule has 1 aliphatic rings. The molecule has 144 valence electrons. The summed E-state index contributed by atoms with van der Waals surface area (Å²) in [4.78, 5) is 27.7. The number of esters is 1. The van der Waals surface area contributed by atoms with Crippen molar-refractivity contribution in [3.8, 4) is 0 Å². The second-order valence-corrected chi connectivity index (χ2v) is 6.53. The Kier molecular flexibility index (Phi) is 6.40. The molecule has 0 saturated heterocycles. The van der Waals surface area contributed by atoms with E-state index in [1.54, 1.807) is 30.1 Å². The van der Waals surface area contributed by atoms with Crippen molar-refractivity contribution in [1.29, 1.82) is 0 Å². The maximum atomic E-state index is 12.3. The first kappa shape index (κ1) is 18.9. The summed E-state index contributed by atoms with van der Waals surface area (Å²) in [5.41, 5.74) is 1.56. The monoisotopic (exact) mass is 372 g/mol. The number of benzene rings is 1. The van der Waals surface area contributed by atoms with Crippen LogP contribution in [0.2, 0.25) is 0 Å². The zero-order chi connectivity index (χ0) is 19.1. The summed E-state index contributed by atoms with van der Waals surface area (Å²) in [7, 11) is 0. The van der Waals surface area contributed by atoms with Gasteiger partial charge in [-0.1, -0.05) is 12.1 Å². The van der Waals surface area contributed by atoms with E-state index in [9.17, 15) is 9.59 Å². The molecule has 0 radical (unpaired) electrons. The average molecular weight is 372 g/mol. The molecule has 8 heteroatoms. The van der Waals surface area contributed by atoms with E-state index in [-0.39, 0.29) is 24.2 Å². The zero-order valence-corrected chi connectivity index (χ0v) is 15.3. The molecule has 0 atom stereocenters. The van der Waals surface area contributed by atoms with E-state index in [0.29, 0.717) is 18.7 Å². The van der Waals surface area contributed by atoms with Gasteiger partial charge in [-0.3, -0.25) is 0 Å². The number of alkyl carbamates (subject to hydrolysis) is 1. The van der Waals surface area contributed by atoms with Gasteiger partial charge in [0.1, 0.15) is 18.8 Å². The Bertz CT molecular complexity index is 738. The maximum Gasteiger partial charge on any atom is 0.407 e. The molecule has 1 aliphatic carbocycles. The van der Waals surface area contributed by atoms with Gasteiger partial charge in [0.15, 0.2) is 0 Å². The highest BCUT2D eigenvalue weighted by Crippen LogP contribution is 2.22. The highest BCUT2D eigenvalue weighted by molar-refractivity contribution is 5.89. The van der Waals surface area contributed by atoms with Crippen LogP contribution >= 0.6 is 0 Å². The largest absolute Gasteiger partial charge is 0.459 e. The van der Waals surface area contributed by atoms with Crippen LogP contribution in [-0.4, -0.2) is 45.6 Å². The maximum absolute atomic E-state index is 12.3. The third kappa shape index (κ3) is 5.54. The minimum absolute atomic E-state index is 0.0788. The van der Waals surface area contributed by atoms with E-state index in [0.717, 1.165) is 31.2 Å². The second kappa shape index (κ2) is 9.16. The molecule has 2 aromatic rings. The van der Waals surface area contributed by atoms with Gasteiger partial charge in [0.05, 0.1) is 18.7 Å². The van der Waals surface area contributed by atoms with Crippen LogP contribution in [0.25, 0.3) is 0 Å². The molecule has 8 nitrogen and oxygen atoms in total. The summed E-state index contributed by atoms with van der Waals surface area (Å²) >= 11 is 0. The van der Waals surface area contributed by atoms with E-state index in [1.165, 1.54) is 6.33 Å². The van der Waals surface area contributed by atoms with E-state index < -0.39 is 0 Å². The Balaban J connectivity index is 1.44. The number of rotatable bonds is 6. The number of hydrogen-bond donors (Lipinski definition) is 1. The number of nitrogens with zero attached hydrogens (tertiary/aromatic N) is 3. The quantitative estimate of drug-likeness (QED) is 0.783. The van der Waals surface area contributed by atoms with Gasteiger partial charge in [-0.2, -0.15) is 5.10 Å². The summed E-state index contributed by atoms with van der Waals surface area (Å²) < 4.78 is 12.2. The van der Waals surface area contributed by atoms with E-state index in [4.69, 9.17) is 9.47 Å². The van der Waals surface area contributed by atoms with Crippen LogP contribution in [0.1, 0.15) is 48.5 Å². The Hall–Kier alpha value is -2.90. The zero-order valence-electron chi connectivity index (χ0n) is 15.3. The van der Waals surface area contributed by atoms with E-state index in [1.807, 2.05) is 12.1 Å². The number of hydrogen-bond acceptors (Lipinski definition) is 6. The fourth-order valence-corrected chi connectivity index (χ4v) is 3.13. The summed E-state index contributed by atoms with van der Waals surface area (Å²) in [6.45, 7) is 2.74. The Morgan fingerprint density at radius 1 is 1.19 bits per heavy atom. The van der Waals surface area contributed by atoms with Gasteiger partial charge in [-0.25, -0.2) is 19.3 Å². The highest BCUT2D eigenvalue weighted by Gasteiger charge is 2.25. The van der Waals surface area contributed by atoms with Crippen LogP contribution in [-0.2, 0) is 16.0 Å². The van der Waals surface area contributed by atoms with E-state index in [2.05, 4.69) is 15.4 Å². The lowest BCUT2D eigenvalue weighted by Gasteiger charge is -2.28. The first-order valence-electron chi connectivity index (χ1n) is 9.19. The van der Waals surface area contributed by atoms with Gasteiger partial charge >= 0.3 is 12.1 Å². The highest BCUT2D eigenvalue weighted by atomic mass is 16.5. The molecule has 1 amide bonds. The van der Waals surface area contributed by atoms with Crippen molar-refractivity contribution in [2.45, 2.75) is 51.3 Å². The van der Waals surface area contributed by atoms with Crippen LogP contribution < -0.4 is 5.32 Å². The molecule has 0 bridgehead atoms. The SMILES string of the molecule is CCOC(=O)NC1CCC(OC(=O)c2ccc(Cn3cncn3)cc2)CC1. The molecule has 3 rings (SSSR count). The Morgan fingerprint density at radius 3 is 2.56 bits per heavy atom. The molecule has 1 heterocycles. The van der Waals surface area contributed by atoms with Crippen molar-refractivity contribution in [2.24, 2.45) is 0 Å². The van der Waals surface area contributed by atoms with Crippen molar-refractivity contribution in [3.63, 3.8) is 0 Å². The molecule has 0 spiro atoms. The van der Waals surface area contributed by atoms with Gasteiger partial charge in [0, 0.05) is 6.04 Å². The summed E-state index contributed by atoms with van der Waals surface area (Å²) in [5.74, 6) is -0.316. The fraction of sp³-hybridized carbons (Fsp3) is 0.474. The number of amides is 1. The minimum atomic E-state index is -0.385. The topological polar surface area (TPSA) is 95.3 Å². The Morgan fingerprint density at radius 2 is 1.93 bits per heavy atom.